The highest BCUT2D eigenvalue weighted by Crippen LogP contribution is 2.39. The van der Waals surface area contributed by atoms with Gasteiger partial charge >= 0.3 is 0 Å². The molecule has 3 heterocycles. The number of piperazine rings is 1. The van der Waals surface area contributed by atoms with E-state index in [1.165, 1.54) is 0 Å². The number of carbonyl (C=O) groups excluding carboxylic acids is 1. The van der Waals surface area contributed by atoms with Crippen LogP contribution in [0.2, 0.25) is 0 Å². The first-order valence-electron chi connectivity index (χ1n) is 9.29. The van der Waals surface area contributed by atoms with E-state index in [1.54, 1.807) is 0 Å². The second-order valence-corrected chi connectivity index (χ2v) is 7.49. The Balaban J connectivity index is 1.33. The summed E-state index contributed by atoms with van der Waals surface area (Å²) in [5.41, 5.74) is -0.403. The lowest BCUT2D eigenvalue weighted by Crippen LogP contribution is -2.49. The molecule has 0 aromatic carbocycles. The molecule has 3 aliphatic rings. The van der Waals surface area contributed by atoms with E-state index in [0.717, 1.165) is 31.6 Å². The molecular weight excluding hydrogens is 332 g/mol. The molecule has 1 saturated heterocycles. The van der Waals surface area contributed by atoms with Crippen LogP contribution in [0.15, 0.2) is 14.8 Å². The van der Waals surface area contributed by atoms with Crippen LogP contribution in [0, 0.1) is 12.3 Å². The molecule has 138 valence electrons. The Kier molecular flexibility index (Phi) is 4.49. The molecule has 1 amide bonds. The number of aromatic nitrogens is 2. The smallest absolute Gasteiger partial charge is 0.245 e. The van der Waals surface area contributed by atoms with E-state index >= 15 is 0 Å². The van der Waals surface area contributed by atoms with Gasteiger partial charge in [0.1, 0.15) is 6.04 Å². The number of nitrogens with zero attached hydrogens (tertiary/aromatic N) is 6. The fourth-order valence-electron chi connectivity index (χ4n) is 3.39. The van der Waals surface area contributed by atoms with Gasteiger partial charge in [-0.3, -0.25) is 9.69 Å². The summed E-state index contributed by atoms with van der Waals surface area (Å²) >= 11 is 0. The fraction of sp³-hybridized carbons (Fsp3) is 0.722. The normalized spacial score (nSPS) is 24.5. The van der Waals surface area contributed by atoms with Crippen LogP contribution >= 0.6 is 0 Å². The van der Waals surface area contributed by atoms with E-state index in [-0.39, 0.29) is 11.9 Å². The number of likely N-dealkylation sites (N-methyl/N-ethyl adjacent to an activating group) is 1. The molecule has 1 unspecified atom stereocenters. The predicted molar refractivity (Wildman–Crippen MR) is 93.1 cm³/mol. The van der Waals surface area contributed by atoms with Gasteiger partial charge in [-0.2, -0.15) is 15.2 Å². The Morgan fingerprint density at radius 2 is 2.15 bits per heavy atom. The van der Waals surface area contributed by atoms with E-state index in [1.807, 2.05) is 11.9 Å². The Hall–Kier alpha value is -2.27. The number of carbonyl (C=O) groups is 1. The van der Waals surface area contributed by atoms with Crippen LogP contribution in [0.3, 0.4) is 0 Å². The van der Waals surface area contributed by atoms with Crippen LogP contribution in [0.1, 0.15) is 62.2 Å². The average Bonchev–Trinajstić information content (AvgIpc) is 3.58. The topological polar surface area (TPSA) is 87.2 Å². The second-order valence-electron chi connectivity index (χ2n) is 7.49. The van der Waals surface area contributed by atoms with Gasteiger partial charge in [-0.15, -0.1) is 12.3 Å². The summed E-state index contributed by atoms with van der Waals surface area (Å²) < 4.78 is 5.48. The van der Waals surface area contributed by atoms with Gasteiger partial charge in [-0.1, -0.05) is 5.16 Å². The number of terminal acetylenes is 1. The number of amides is 1. The molecule has 0 N–H and O–H groups in total. The molecule has 2 aliphatic heterocycles. The van der Waals surface area contributed by atoms with Crippen LogP contribution in [0.4, 0.5) is 0 Å². The van der Waals surface area contributed by atoms with Crippen molar-refractivity contribution in [2.45, 2.75) is 56.1 Å². The third-order valence-electron chi connectivity index (χ3n) is 5.48. The van der Waals surface area contributed by atoms with E-state index < -0.39 is 5.66 Å². The molecule has 2 fully saturated rings. The SMILES string of the molecule is C#CCCC1(CCC(=O)N2CCN(C)C(c3nc(C4CC4)no3)C2)N=N1. The van der Waals surface area contributed by atoms with Crippen LogP contribution in [-0.4, -0.2) is 58.2 Å². The first kappa shape index (κ1) is 17.2. The molecule has 4 rings (SSSR count). The van der Waals surface area contributed by atoms with Crippen molar-refractivity contribution in [2.24, 2.45) is 10.2 Å². The zero-order valence-electron chi connectivity index (χ0n) is 15.1. The maximum Gasteiger partial charge on any atom is 0.245 e. The highest BCUT2D eigenvalue weighted by atomic mass is 16.5. The van der Waals surface area contributed by atoms with Crippen molar-refractivity contribution in [3.8, 4) is 12.3 Å². The van der Waals surface area contributed by atoms with E-state index in [0.29, 0.717) is 44.2 Å². The summed E-state index contributed by atoms with van der Waals surface area (Å²) in [5.74, 6) is 4.63. The lowest BCUT2D eigenvalue weighted by molar-refractivity contribution is -0.134. The van der Waals surface area contributed by atoms with Crippen LogP contribution in [-0.2, 0) is 4.79 Å². The summed E-state index contributed by atoms with van der Waals surface area (Å²) in [6.45, 7) is 2.07. The van der Waals surface area contributed by atoms with Gasteiger partial charge < -0.3 is 9.42 Å². The minimum Gasteiger partial charge on any atom is -0.339 e. The van der Waals surface area contributed by atoms with Crippen molar-refractivity contribution >= 4 is 5.91 Å². The summed E-state index contributed by atoms with van der Waals surface area (Å²) in [6.07, 6.45) is 10.0. The Labute approximate surface area is 153 Å². The molecule has 26 heavy (non-hydrogen) atoms. The number of hydrogen-bond acceptors (Lipinski definition) is 7. The predicted octanol–water partition coefficient (Wildman–Crippen LogP) is 2.12. The number of hydrogen-bond donors (Lipinski definition) is 0. The van der Waals surface area contributed by atoms with Crippen molar-refractivity contribution in [1.82, 2.24) is 19.9 Å². The summed E-state index contributed by atoms with van der Waals surface area (Å²) in [6, 6.07) is -0.0431. The quantitative estimate of drug-likeness (QED) is 0.698. The molecule has 0 spiro atoms. The van der Waals surface area contributed by atoms with Gasteiger partial charge in [-0.25, -0.2) is 0 Å². The largest absolute Gasteiger partial charge is 0.339 e. The Bertz CT molecular complexity index is 741. The third-order valence-corrected chi connectivity index (χ3v) is 5.48. The van der Waals surface area contributed by atoms with Gasteiger partial charge in [0.25, 0.3) is 0 Å². The van der Waals surface area contributed by atoms with Crippen molar-refractivity contribution < 1.29 is 9.32 Å². The fourth-order valence-corrected chi connectivity index (χ4v) is 3.39. The number of rotatable bonds is 7. The molecule has 1 saturated carbocycles. The highest BCUT2D eigenvalue weighted by Gasteiger charge is 2.40. The van der Waals surface area contributed by atoms with Crippen LogP contribution in [0.25, 0.3) is 0 Å². The molecule has 1 atom stereocenters. The standard InChI is InChI=1S/C18H24N6O2/c1-3-4-8-18(21-22-18)9-7-15(25)24-11-10-23(2)14(12-24)17-19-16(20-26-17)13-5-6-13/h1,13-14H,4-12H2,2H3. The van der Waals surface area contributed by atoms with Crippen molar-refractivity contribution in [3.05, 3.63) is 11.7 Å². The van der Waals surface area contributed by atoms with Crippen molar-refractivity contribution in [3.63, 3.8) is 0 Å². The van der Waals surface area contributed by atoms with Gasteiger partial charge in [-0.05, 0) is 19.9 Å². The van der Waals surface area contributed by atoms with Gasteiger partial charge in [0, 0.05) is 51.2 Å². The lowest BCUT2D eigenvalue weighted by atomic mass is 10.0. The zero-order valence-corrected chi connectivity index (χ0v) is 15.1. The summed E-state index contributed by atoms with van der Waals surface area (Å²) in [7, 11) is 2.03. The molecule has 1 aromatic heterocycles. The maximum absolute atomic E-state index is 12.7. The van der Waals surface area contributed by atoms with Crippen LogP contribution in [0.5, 0.6) is 0 Å². The van der Waals surface area contributed by atoms with Crippen molar-refractivity contribution in [2.75, 3.05) is 26.7 Å². The molecule has 0 radical (unpaired) electrons. The van der Waals surface area contributed by atoms with E-state index in [2.05, 4.69) is 31.2 Å². The first-order valence-corrected chi connectivity index (χ1v) is 9.29. The Morgan fingerprint density at radius 3 is 2.85 bits per heavy atom. The van der Waals surface area contributed by atoms with Gasteiger partial charge in [0.05, 0.1) is 0 Å². The average molecular weight is 356 g/mol. The van der Waals surface area contributed by atoms with Crippen LogP contribution < -0.4 is 0 Å². The van der Waals surface area contributed by atoms with E-state index in [9.17, 15) is 4.79 Å². The molecule has 1 aliphatic carbocycles. The second kappa shape index (κ2) is 6.80. The highest BCUT2D eigenvalue weighted by molar-refractivity contribution is 5.76. The monoisotopic (exact) mass is 356 g/mol. The van der Waals surface area contributed by atoms with Crippen molar-refractivity contribution in [1.29, 1.82) is 0 Å². The first-order chi connectivity index (χ1) is 12.6. The molecule has 0 bridgehead atoms. The zero-order chi connectivity index (χ0) is 18.1. The molecule has 8 nitrogen and oxygen atoms in total. The maximum atomic E-state index is 12.7. The third kappa shape index (κ3) is 3.63. The lowest BCUT2D eigenvalue weighted by Gasteiger charge is -2.37. The minimum absolute atomic E-state index is 0.0431. The summed E-state index contributed by atoms with van der Waals surface area (Å²) in [5, 5.41) is 12.3. The van der Waals surface area contributed by atoms with Gasteiger partial charge in [0.2, 0.25) is 11.8 Å². The Morgan fingerprint density at radius 1 is 1.35 bits per heavy atom. The van der Waals surface area contributed by atoms with E-state index in [4.69, 9.17) is 10.9 Å². The molecule has 8 heteroatoms. The minimum atomic E-state index is -0.403. The summed E-state index contributed by atoms with van der Waals surface area (Å²) in [4.78, 5) is 21.3. The molecule has 1 aromatic rings. The van der Waals surface area contributed by atoms with Gasteiger partial charge in [0.15, 0.2) is 11.5 Å². The molecular formula is C18H24N6O2.